The van der Waals surface area contributed by atoms with E-state index >= 15 is 0 Å². The Morgan fingerprint density at radius 2 is 1.78 bits per heavy atom. The largest absolute Gasteiger partial charge is 0.481 e. The molecule has 1 rings (SSSR count). The molecule has 1 amide bonds. The quantitative estimate of drug-likeness (QED) is 0.663. The molecule has 0 aliphatic heterocycles. The van der Waals surface area contributed by atoms with Crippen molar-refractivity contribution in [2.75, 3.05) is 13.2 Å². The van der Waals surface area contributed by atoms with Crippen LogP contribution in [0.5, 0.6) is 0 Å². The molecule has 1 aliphatic carbocycles. The van der Waals surface area contributed by atoms with Gasteiger partial charge in [0.15, 0.2) is 0 Å². The summed E-state index contributed by atoms with van der Waals surface area (Å²) in [5, 5.41) is 21.1. The van der Waals surface area contributed by atoms with E-state index in [1.165, 1.54) is 6.92 Å². The summed E-state index contributed by atoms with van der Waals surface area (Å²) in [4.78, 5) is 22.7. The molecular formula is C13H23NO4. The molecule has 2 atom stereocenters. The van der Waals surface area contributed by atoms with E-state index in [0.717, 1.165) is 25.7 Å². The second-order valence-corrected chi connectivity index (χ2v) is 5.50. The molecule has 0 aromatic heterocycles. The summed E-state index contributed by atoms with van der Waals surface area (Å²) in [5.74, 6) is -2.46. The van der Waals surface area contributed by atoms with Crippen LogP contribution in [0.3, 0.4) is 0 Å². The predicted octanol–water partition coefficient (Wildman–Crippen LogP) is 1.01. The van der Waals surface area contributed by atoms with Crippen LogP contribution >= 0.6 is 0 Å². The second-order valence-electron chi connectivity index (χ2n) is 5.50. The molecule has 1 saturated carbocycles. The SMILES string of the molecule is CC(C(=O)O)C(C)C(=O)NCC1(CO)CCCC1. The van der Waals surface area contributed by atoms with Crippen LogP contribution in [0.15, 0.2) is 0 Å². The molecule has 1 aliphatic rings. The molecule has 5 nitrogen and oxygen atoms in total. The van der Waals surface area contributed by atoms with Crippen LogP contribution in [0.2, 0.25) is 0 Å². The van der Waals surface area contributed by atoms with Crippen molar-refractivity contribution in [2.24, 2.45) is 17.3 Å². The number of rotatable bonds is 6. The Labute approximate surface area is 108 Å². The standard InChI is InChI=1S/C13H23NO4/c1-9(10(2)12(17)18)11(16)14-7-13(8-15)5-3-4-6-13/h9-10,15H,3-8H2,1-2H3,(H,14,16)(H,17,18). The second kappa shape index (κ2) is 6.18. The molecule has 0 aromatic rings. The molecule has 2 unspecified atom stereocenters. The number of hydrogen-bond donors (Lipinski definition) is 3. The summed E-state index contributed by atoms with van der Waals surface area (Å²) in [6.07, 6.45) is 4.01. The summed E-state index contributed by atoms with van der Waals surface area (Å²) in [6, 6.07) is 0. The van der Waals surface area contributed by atoms with Crippen LogP contribution in [-0.4, -0.2) is 35.2 Å². The summed E-state index contributed by atoms with van der Waals surface area (Å²) in [7, 11) is 0. The fourth-order valence-corrected chi connectivity index (χ4v) is 2.39. The molecule has 0 heterocycles. The number of nitrogens with one attached hydrogen (secondary N) is 1. The Balaban J connectivity index is 2.47. The van der Waals surface area contributed by atoms with Gasteiger partial charge in [-0.25, -0.2) is 0 Å². The molecule has 0 aromatic carbocycles. The van der Waals surface area contributed by atoms with Crippen LogP contribution in [0, 0.1) is 17.3 Å². The van der Waals surface area contributed by atoms with Gasteiger partial charge in [-0.15, -0.1) is 0 Å². The molecule has 0 radical (unpaired) electrons. The van der Waals surface area contributed by atoms with Crippen LogP contribution in [0.4, 0.5) is 0 Å². The first kappa shape index (κ1) is 15.0. The normalized spacial score (nSPS) is 21.3. The van der Waals surface area contributed by atoms with Gasteiger partial charge < -0.3 is 15.5 Å². The molecule has 3 N–H and O–H groups in total. The average molecular weight is 257 g/mol. The monoisotopic (exact) mass is 257 g/mol. The highest BCUT2D eigenvalue weighted by atomic mass is 16.4. The Bertz CT molecular complexity index is 310. The van der Waals surface area contributed by atoms with Crippen LogP contribution in [0.25, 0.3) is 0 Å². The third-order valence-electron chi connectivity index (χ3n) is 4.19. The van der Waals surface area contributed by atoms with E-state index in [4.69, 9.17) is 5.11 Å². The van der Waals surface area contributed by atoms with E-state index in [0.29, 0.717) is 6.54 Å². The van der Waals surface area contributed by atoms with Crippen molar-refractivity contribution in [1.29, 1.82) is 0 Å². The third-order valence-corrected chi connectivity index (χ3v) is 4.19. The maximum atomic E-state index is 11.8. The Morgan fingerprint density at radius 3 is 2.22 bits per heavy atom. The van der Waals surface area contributed by atoms with Crippen molar-refractivity contribution in [2.45, 2.75) is 39.5 Å². The zero-order chi connectivity index (χ0) is 13.8. The summed E-state index contributed by atoms with van der Waals surface area (Å²) in [5.41, 5.74) is -0.193. The van der Waals surface area contributed by atoms with Crippen molar-refractivity contribution in [3.8, 4) is 0 Å². The Hall–Kier alpha value is -1.10. The van der Waals surface area contributed by atoms with Crippen molar-refractivity contribution in [3.63, 3.8) is 0 Å². The van der Waals surface area contributed by atoms with Gasteiger partial charge in [-0.3, -0.25) is 9.59 Å². The minimum absolute atomic E-state index is 0.0795. The molecule has 18 heavy (non-hydrogen) atoms. The number of amides is 1. The summed E-state index contributed by atoms with van der Waals surface area (Å²) >= 11 is 0. The van der Waals surface area contributed by atoms with Gasteiger partial charge in [-0.1, -0.05) is 26.7 Å². The topological polar surface area (TPSA) is 86.6 Å². The maximum absolute atomic E-state index is 11.8. The van der Waals surface area contributed by atoms with E-state index in [-0.39, 0.29) is 17.9 Å². The van der Waals surface area contributed by atoms with E-state index in [1.807, 2.05) is 0 Å². The fourth-order valence-electron chi connectivity index (χ4n) is 2.39. The number of carboxylic acids is 1. The first-order chi connectivity index (χ1) is 8.42. The van der Waals surface area contributed by atoms with Crippen LogP contribution < -0.4 is 5.32 Å². The molecule has 104 valence electrons. The third kappa shape index (κ3) is 3.45. The Morgan fingerprint density at radius 1 is 1.22 bits per heavy atom. The van der Waals surface area contributed by atoms with E-state index in [1.54, 1.807) is 6.92 Å². The van der Waals surface area contributed by atoms with Gasteiger partial charge in [0.05, 0.1) is 12.5 Å². The number of aliphatic hydroxyl groups excluding tert-OH is 1. The van der Waals surface area contributed by atoms with Gasteiger partial charge in [0.1, 0.15) is 0 Å². The lowest BCUT2D eigenvalue weighted by Crippen LogP contribution is -2.42. The van der Waals surface area contributed by atoms with Gasteiger partial charge >= 0.3 is 5.97 Å². The van der Waals surface area contributed by atoms with Gasteiger partial charge in [-0.2, -0.15) is 0 Å². The molecular weight excluding hydrogens is 234 g/mol. The predicted molar refractivity (Wildman–Crippen MR) is 67.0 cm³/mol. The minimum atomic E-state index is -0.963. The maximum Gasteiger partial charge on any atom is 0.307 e. The zero-order valence-corrected chi connectivity index (χ0v) is 11.1. The number of aliphatic hydroxyl groups is 1. The van der Waals surface area contributed by atoms with Crippen LogP contribution in [0.1, 0.15) is 39.5 Å². The lowest BCUT2D eigenvalue weighted by molar-refractivity contribution is -0.146. The van der Waals surface area contributed by atoms with Crippen molar-refractivity contribution in [3.05, 3.63) is 0 Å². The van der Waals surface area contributed by atoms with E-state index in [2.05, 4.69) is 5.32 Å². The van der Waals surface area contributed by atoms with Crippen molar-refractivity contribution >= 4 is 11.9 Å². The fraction of sp³-hybridized carbons (Fsp3) is 0.846. The highest BCUT2D eigenvalue weighted by Gasteiger charge is 2.34. The smallest absolute Gasteiger partial charge is 0.307 e. The van der Waals surface area contributed by atoms with Gasteiger partial charge in [0.25, 0.3) is 0 Å². The van der Waals surface area contributed by atoms with Crippen LogP contribution in [-0.2, 0) is 9.59 Å². The number of aliphatic carboxylic acids is 1. The average Bonchev–Trinajstić information content (AvgIpc) is 2.83. The lowest BCUT2D eigenvalue weighted by atomic mass is 9.86. The van der Waals surface area contributed by atoms with Crippen molar-refractivity contribution < 1.29 is 19.8 Å². The molecule has 0 saturated heterocycles. The van der Waals surface area contributed by atoms with Gasteiger partial charge in [0.2, 0.25) is 5.91 Å². The molecule has 1 fully saturated rings. The number of carbonyl (C=O) groups is 2. The van der Waals surface area contributed by atoms with Crippen molar-refractivity contribution in [1.82, 2.24) is 5.32 Å². The summed E-state index contributed by atoms with van der Waals surface area (Å²) < 4.78 is 0. The van der Waals surface area contributed by atoms with E-state index in [9.17, 15) is 14.7 Å². The molecule has 5 heteroatoms. The first-order valence-electron chi connectivity index (χ1n) is 6.53. The lowest BCUT2D eigenvalue weighted by Gasteiger charge is -2.27. The highest BCUT2D eigenvalue weighted by Crippen LogP contribution is 2.36. The number of hydrogen-bond acceptors (Lipinski definition) is 3. The Kier molecular flexibility index (Phi) is 5.14. The summed E-state index contributed by atoms with van der Waals surface area (Å²) in [6.45, 7) is 3.67. The van der Waals surface area contributed by atoms with Gasteiger partial charge in [0, 0.05) is 17.9 Å². The zero-order valence-electron chi connectivity index (χ0n) is 11.1. The molecule has 0 bridgehead atoms. The van der Waals surface area contributed by atoms with E-state index < -0.39 is 17.8 Å². The number of carboxylic acid groups (broad SMARTS) is 1. The number of carbonyl (C=O) groups excluding carboxylic acids is 1. The minimum Gasteiger partial charge on any atom is -0.481 e. The highest BCUT2D eigenvalue weighted by molar-refractivity contribution is 5.84. The molecule has 0 spiro atoms. The van der Waals surface area contributed by atoms with Gasteiger partial charge in [-0.05, 0) is 12.8 Å². The first-order valence-corrected chi connectivity index (χ1v) is 6.53.